The Kier molecular flexibility index (Phi) is 3.04. The van der Waals surface area contributed by atoms with E-state index in [0.29, 0.717) is 11.7 Å². The van der Waals surface area contributed by atoms with Crippen molar-refractivity contribution in [2.75, 3.05) is 6.61 Å². The van der Waals surface area contributed by atoms with Gasteiger partial charge in [-0.05, 0) is 19.1 Å². The summed E-state index contributed by atoms with van der Waals surface area (Å²) in [6.07, 6.45) is 0. The van der Waals surface area contributed by atoms with Crippen molar-refractivity contribution >= 4 is 17.3 Å². The summed E-state index contributed by atoms with van der Waals surface area (Å²) in [5.74, 6) is 0. The molecule has 0 unspecified atom stereocenters. The topological polar surface area (TPSA) is 9.23 Å². The minimum absolute atomic E-state index is 0.440. The molecule has 0 atom stereocenters. The molecule has 0 aromatic rings. The molecule has 35 valence electrons. The van der Waals surface area contributed by atoms with E-state index in [1.165, 1.54) is 0 Å². The van der Waals surface area contributed by atoms with E-state index in [-0.39, 0.29) is 0 Å². The molecule has 0 bridgehead atoms. The second kappa shape index (κ2) is 3.09. The number of thiocarbonyl (C=S) groups is 1. The molecule has 1 radical (unpaired) electrons. The minimum Gasteiger partial charge on any atom is -0.487 e. The maximum atomic E-state index is 4.66. The highest BCUT2D eigenvalue weighted by Gasteiger charge is 1.76. The molecule has 0 saturated heterocycles. The highest BCUT2D eigenvalue weighted by Crippen LogP contribution is 1.74. The Morgan fingerprint density at radius 3 is 2.50 bits per heavy atom. The van der Waals surface area contributed by atoms with Crippen LogP contribution in [0.1, 0.15) is 6.92 Å². The van der Waals surface area contributed by atoms with Crippen LogP contribution in [0.3, 0.4) is 0 Å². The molecule has 1 nitrogen and oxygen atoms in total. The maximum absolute atomic E-state index is 4.66. The first-order valence-electron chi connectivity index (χ1n) is 1.70. The average Bonchev–Trinajstić information content (AvgIpc) is 1.35. The van der Waals surface area contributed by atoms with Gasteiger partial charge in [-0.15, -0.1) is 0 Å². The molecule has 0 N–H and O–H groups in total. The van der Waals surface area contributed by atoms with Crippen LogP contribution in [0.2, 0.25) is 0 Å². The monoisotopic (exact) mass is 103 g/mol. The Balaban J connectivity index is 2.83. The molecule has 0 aliphatic heterocycles. The van der Waals surface area contributed by atoms with Crippen LogP contribution in [0.25, 0.3) is 0 Å². The predicted octanol–water partition coefficient (Wildman–Crippen LogP) is 1.18. The van der Waals surface area contributed by atoms with Crippen molar-refractivity contribution in [3.05, 3.63) is 6.92 Å². The molecular formula is C4H7OS. The minimum atomic E-state index is 0.440. The average molecular weight is 103 g/mol. The summed E-state index contributed by atoms with van der Waals surface area (Å²) < 4.78 is 4.66. The third-order valence-electron chi connectivity index (χ3n) is 0.305. The van der Waals surface area contributed by atoms with Crippen LogP contribution in [-0.4, -0.2) is 11.7 Å². The van der Waals surface area contributed by atoms with E-state index < -0.39 is 0 Å². The van der Waals surface area contributed by atoms with Gasteiger partial charge in [-0.1, -0.05) is 0 Å². The van der Waals surface area contributed by atoms with Crippen molar-refractivity contribution in [3.8, 4) is 0 Å². The van der Waals surface area contributed by atoms with Gasteiger partial charge >= 0.3 is 0 Å². The molecule has 0 fully saturated rings. The first-order chi connectivity index (χ1) is 2.77. The first-order valence-corrected chi connectivity index (χ1v) is 2.11. The van der Waals surface area contributed by atoms with Gasteiger partial charge in [0.15, 0.2) is 5.05 Å². The lowest BCUT2D eigenvalue weighted by molar-refractivity contribution is 0.355. The van der Waals surface area contributed by atoms with Crippen LogP contribution >= 0.6 is 12.2 Å². The zero-order valence-electron chi connectivity index (χ0n) is 3.73. The molecule has 0 aliphatic carbocycles. The summed E-state index contributed by atoms with van der Waals surface area (Å²) in [5.41, 5.74) is 0. The quantitative estimate of drug-likeness (QED) is 0.461. The lowest BCUT2D eigenvalue weighted by Gasteiger charge is -1.93. The fourth-order valence-electron chi connectivity index (χ4n) is 0.144. The highest BCUT2D eigenvalue weighted by molar-refractivity contribution is 7.80. The van der Waals surface area contributed by atoms with Gasteiger partial charge in [0, 0.05) is 6.92 Å². The third-order valence-corrected chi connectivity index (χ3v) is 0.423. The molecule has 0 rings (SSSR count). The van der Waals surface area contributed by atoms with Gasteiger partial charge in [0.2, 0.25) is 0 Å². The summed E-state index contributed by atoms with van der Waals surface area (Å²) in [6, 6.07) is 0. The fraction of sp³-hybridized carbons (Fsp3) is 0.500. The number of hydrogen-bond donors (Lipinski definition) is 0. The van der Waals surface area contributed by atoms with Crippen molar-refractivity contribution in [1.82, 2.24) is 0 Å². The molecule has 6 heavy (non-hydrogen) atoms. The van der Waals surface area contributed by atoms with Gasteiger partial charge in [0.1, 0.15) is 0 Å². The van der Waals surface area contributed by atoms with Gasteiger partial charge in [0.25, 0.3) is 0 Å². The molecule has 0 spiro atoms. The second-order valence-electron chi connectivity index (χ2n) is 0.840. The molecule has 2 heteroatoms. The van der Waals surface area contributed by atoms with E-state index in [9.17, 15) is 0 Å². The molecular weight excluding hydrogens is 96.1 g/mol. The van der Waals surface area contributed by atoms with Crippen molar-refractivity contribution in [1.29, 1.82) is 0 Å². The lowest BCUT2D eigenvalue weighted by atomic mass is 10.8. The lowest BCUT2D eigenvalue weighted by Crippen LogP contribution is -1.92. The summed E-state index contributed by atoms with van der Waals surface area (Å²) in [7, 11) is 0. The van der Waals surface area contributed by atoms with E-state index in [4.69, 9.17) is 0 Å². The van der Waals surface area contributed by atoms with Crippen LogP contribution in [0.15, 0.2) is 0 Å². The Morgan fingerprint density at radius 2 is 2.50 bits per heavy atom. The molecule has 0 aromatic carbocycles. The highest BCUT2D eigenvalue weighted by atomic mass is 32.1. The largest absolute Gasteiger partial charge is 0.487 e. The Morgan fingerprint density at radius 1 is 2.00 bits per heavy atom. The Labute approximate surface area is 43.3 Å². The van der Waals surface area contributed by atoms with Crippen LogP contribution in [-0.2, 0) is 4.74 Å². The van der Waals surface area contributed by atoms with Gasteiger partial charge in [-0.25, -0.2) is 0 Å². The van der Waals surface area contributed by atoms with E-state index in [1.54, 1.807) is 6.92 Å². The number of ether oxygens (including phenoxy) is 1. The van der Waals surface area contributed by atoms with Crippen LogP contribution < -0.4 is 0 Å². The Hall–Kier alpha value is -0.110. The second-order valence-corrected chi connectivity index (χ2v) is 1.41. The zero-order valence-corrected chi connectivity index (χ0v) is 4.55. The molecule has 0 saturated carbocycles. The Bertz CT molecular complexity index is 51.5. The van der Waals surface area contributed by atoms with Gasteiger partial charge < -0.3 is 4.74 Å². The summed E-state index contributed by atoms with van der Waals surface area (Å²) >= 11 is 4.53. The van der Waals surface area contributed by atoms with Gasteiger partial charge in [-0.2, -0.15) is 0 Å². The number of hydrogen-bond acceptors (Lipinski definition) is 2. The third kappa shape index (κ3) is 3.89. The summed E-state index contributed by atoms with van der Waals surface area (Å²) in [6.45, 7) is 5.58. The van der Waals surface area contributed by atoms with Gasteiger partial charge in [0.05, 0.1) is 6.61 Å². The first kappa shape index (κ1) is 5.89. The van der Waals surface area contributed by atoms with E-state index in [2.05, 4.69) is 23.9 Å². The summed E-state index contributed by atoms with van der Waals surface area (Å²) in [5, 5.41) is 0.560. The normalized spacial score (nSPS) is 7.67. The molecule has 0 amide bonds. The van der Waals surface area contributed by atoms with Crippen LogP contribution in [0, 0.1) is 6.92 Å². The summed E-state index contributed by atoms with van der Waals surface area (Å²) in [4.78, 5) is 0. The van der Waals surface area contributed by atoms with E-state index in [1.807, 2.05) is 0 Å². The van der Waals surface area contributed by atoms with Crippen molar-refractivity contribution in [3.63, 3.8) is 0 Å². The molecule has 0 heterocycles. The van der Waals surface area contributed by atoms with Crippen molar-refractivity contribution < 1.29 is 4.74 Å². The number of rotatable bonds is 1. The predicted molar refractivity (Wildman–Crippen MR) is 29.6 cm³/mol. The zero-order chi connectivity index (χ0) is 4.99. The van der Waals surface area contributed by atoms with Crippen LogP contribution in [0.5, 0.6) is 0 Å². The van der Waals surface area contributed by atoms with Gasteiger partial charge in [-0.3, -0.25) is 0 Å². The van der Waals surface area contributed by atoms with E-state index in [0.717, 1.165) is 0 Å². The SMILES string of the molecule is [CH2]COC(C)=S. The fourth-order valence-corrected chi connectivity index (χ4v) is 0.227. The van der Waals surface area contributed by atoms with E-state index >= 15 is 0 Å². The molecule has 0 aliphatic rings. The smallest absolute Gasteiger partial charge is 0.156 e. The van der Waals surface area contributed by atoms with Crippen molar-refractivity contribution in [2.24, 2.45) is 0 Å². The molecule has 0 aromatic heterocycles. The van der Waals surface area contributed by atoms with Crippen LogP contribution in [0.4, 0.5) is 0 Å². The van der Waals surface area contributed by atoms with Crippen molar-refractivity contribution in [2.45, 2.75) is 6.92 Å². The maximum Gasteiger partial charge on any atom is 0.156 e. The standard InChI is InChI=1S/C4H7OS/c1-3-5-4(2)6/h1,3H2,2H3.